The van der Waals surface area contributed by atoms with Gasteiger partial charge in [0.1, 0.15) is 6.61 Å². The maximum Gasteiger partial charge on any atom is 0.331 e. The van der Waals surface area contributed by atoms with Gasteiger partial charge in [0.25, 0.3) is 0 Å². The number of esters is 2. The Kier molecular flexibility index (Phi) is 7.78. The number of methoxy groups -OCH3 is 1. The van der Waals surface area contributed by atoms with E-state index in [0.29, 0.717) is 0 Å². The molecule has 0 rings (SSSR count). The summed E-state index contributed by atoms with van der Waals surface area (Å²) in [6.07, 6.45) is 1.77. The third kappa shape index (κ3) is 7.66. The number of rotatable bonds is 8. The Morgan fingerprint density at radius 1 is 1.21 bits per heavy atom. The van der Waals surface area contributed by atoms with Crippen LogP contribution in [-0.4, -0.2) is 55.1 Å². The van der Waals surface area contributed by atoms with Crippen LogP contribution < -0.4 is 5.32 Å². The fourth-order valence-electron chi connectivity index (χ4n) is 1.01. The average molecular weight is 273 g/mol. The summed E-state index contributed by atoms with van der Waals surface area (Å²) < 4.78 is 8.91. The van der Waals surface area contributed by atoms with Crippen LogP contribution in [0.2, 0.25) is 0 Å². The Labute approximate surface area is 109 Å². The first-order valence-corrected chi connectivity index (χ1v) is 5.28. The van der Waals surface area contributed by atoms with Gasteiger partial charge in [-0.25, -0.2) is 9.59 Å². The van der Waals surface area contributed by atoms with Crippen LogP contribution in [-0.2, 0) is 28.7 Å². The van der Waals surface area contributed by atoms with Gasteiger partial charge in [-0.15, -0.1) is 0 Å². The molecule has 0 aliphatic heterocycles. The van der Waals surface area contributed by atoms with Gasteiger partial charge in [-0.2, -0.15) is 0 Å². The summed E-state index contributed by atoms with van der Waals surface area (Å²) in [5.41, 5.74) is 0. The third-order valence-electron chi connectivity index (χ3n) is 1.91. The van der Waals surface area contributed by atoms with E-state index in [9.17, 15) is 19.2 Å². The molecule has 0 fully saturated rings. The van der Waals surface area contributed by atoms with Crippen LogP contribution in [0.1, 0.15) is 6.92 Å². The molecule has 0 aromatic carbocycles. The molecule has 0 spiro atoms. The highest BCUT2D eigenvalue weighted by atomic mass is 16.5. The van der Waals surface area contributed by atoms with E-state index in [1.54, 1.807) is 0 Å². The average Bonchev–Trinajstić information content (AvgIpc) is 2.34. The molecule has 8 heteroatoms. The molecule has 0 aliphatic rings. The molecule has 2 N–H and O–H groups in total. The highest BCUT2D eigenvalue weighted by molar-refractivity contribution is 6.01. The minimum Gasteiger partial charge on any atom is -0.480 e. The van der Waals surface area contributed by atoms with E-state index in [-0.39, 0.29) is 13.2 Å². The van der Waals surface area contributed by atoms with Crippen LogP contribution in [0.3, 0.4) is 0 Å². The van der Waals surface area contributed by atoms with E-state index < -0.39 is 29.7 Å². The van der Waals surface area contributed by atoms with E-state index in [1.807, 2.05) is 0 Å². The number of ketones is 1. The quantitative estimate of drug-likeness (QED) is 0.247. The smallest absolute Gasteiger partial charge is 0.331 e. The van der Waals surface area contributed by atoms with Crippen LogP contribution in [0.25, 0.3) is 0 Å². The number of carboxylic acids is 1. The third-order valence-corrected chi connectivity index (χ3v) is 1.91. The van der Waals surface area contributed by atoms with Crippen molar-refractivity contribution < 1.29 is 33.8 Å². The van der Waals surface area contributed by atoms with Gasteiger partial charge in [0, 0.05) is 18.7 Å². The van der Waals surface area contributed by atoms with E-state index in [2.05, 4.69) is 14.8 Å². The zero-order valence-electron chi connectivity index (χ0n) is 10.5. The lowest BCUT2D eigenvalue weighted by Gasteiger charge is -2.10. The molecule has 1 atom stereocenters. The Morgan fingerprint density at radius 3 is 2.26 bits per heavy atom. The van der Waals surface area contributed by atoms with E-state index in [1.165, 1.54) is 0 Å². The van der Waals surface area contributed by atoms with Gasteiger partial charge in [0.2, 0.25) is 0 Å². The highest BCUT2D eigenvalue weighted by Gasteiger charge is 2.21. The predicted molar refractivity (Wildman–Crippen MR) is 62.2 cm³/mol. The number of aliphatic carboxylic acids is 1. The molecule has 0 aromatic rings. The Morgan fingerprint density at radius 2 is 1.79 bits per heavy atom. The predicted octanol–water partition coefficient (Wildman–Crippen LogP) is -1.11. The lowest BCUT2D eigenvalue weighted by Crippen LogP contribution is -2.43. The maximum absolute atomic E-state index is 11.0. The first-order chi connectivity index (χ1) is 8.88. The van der Waals surface area contributed by atoms with E-state index >= 15 is 0 Å². The Bertz CT molecular complexity index is 375. The summed E-state index contributed by atoms with van der Waals surface area (Å²) in [7, 11) is 1.16. The van der Waals surface area contributed by atoms with Crippen LogP contribution in [0.15, 0.2) is 12.2 Å². The van der Waals surface area contributed by atoms with Crippen molar-refractivity contribution in [1.29, 1.82) is 0 Å². The zero-order chi connectivity index (χ0) is 14.8. The summed E-state index contributed by atoms with van der Waals surface area (Å²) in [5.74, 6) is -3.33. The molecule has 106 valence electrons. The number of hydrogen-bond donors (Lipinski definition) is 2. The standard InChI is InChI=1S/C11H15NO7/c1-7(13)10(11(16)17)12-5-6-19-9(15)4-3-8(14)18-2/h3-4,10,12H,5-6H2,1-2H3,(H,16,17)/b4-3+. The molecular weight excluding hydrogens is 258 g/mol. The molecule has 19 heavy (non-hydrogen) atoms. The lowest BCUT2D eigenvalue weighted by atomic mass is 10.2. The molecule has 8 nitrogen and oxygen atoms in total. The van der Waals surface area contributed by atoms with Gasteiger partial charge >= 0.3 is 17.9 Å². The molecule has 0 radical (unpaired) electrons. The van der Waals surface area contributed by atoms with Crippen molar-refractivity contribution in [3.63, 3.8) is 0 Å². The van der Waals surface area contributed by atoms with Crippen molar-refractivity contribution in [1.82, 2.24) is 5.32 Å². The second-order valence-electron chi connectivity index (χ2n) is 3.36. The second kappa shape index (κ2) is 8.81. The molecule has 1 unspecified atom stereocenters. The topological polar surface area (TPSA) is 119 Å². The van der Waals surface area contributed by atoms with Crippen LogP contribution in [0, 0.1) is 0 Å². The minimum atomic E-state index is -1.33. The summed E-state index contributed by atoms with van der Waals surface area (Å²) in [6, 6.07) is -1.33. The molecule has 0 saturated carbocycles. The van der Waals surface area contributed by atoms with Crippen molar-refractivity contribution in [2.75, 3.05) is 20.3 Å². The van der Waals surface area contributed by atoms with E-state index in [4.69, 9.17) is 5.11 Å². The minimum absolute atomic E-state index is 0.00560. The largest absolute Gasteiger partial charge is 0.480 e. The van der Waals surface area contributed by atoms with Crippen molar-refractivity contribution in [3.8, 4) is 0 Å². The second-order valence-corrected chi connectivity index (χ2v) is 3.36. The lowest BCUT2D eigenvalue weighted by molar-refractivity contribution is -0.143. The highest BCUT2D eigenvalue weighted by Crippen LogP contribution is 1.88. The fraction of sp³-hybridized carbons (Fsp3) is 0.455. The summed E-state index contributed by atoms with van der Waals surface area (Å²) in [4.78, 5) is 43.2. The summed E-state index contributed by atoms with van der Waals surface area (Å²) >= 11 is 0. The molecule has 0 aromatic heterocycles. The zero-order valence-corrected chi connectivity index (χ0v) is 10.5. The summed E-state index contributed by atoms with van der Waals surface area (Å²) in [6.45, 7) is 0.993. The van der Waals surface area contributed by atoms with Gasteiger partial charge in [0.05, 0.1) is 7.11 Å². The van der Waals surface area contributed by atoms with Crippen molar-refractivity contribution in [2.24, 2.45) is 0 Å². The van der Waals surface area contributed by atoms with Crippen LogP contribution >= 0.6 is 0 Å². The molecule has 0 amide bonds. The number of nitrogens with one attached hydrogen (secondary N) is 1. The normalized spacial score (nSPS) is 11.9. The molecule has 0 bridgehead atoms. The first-order valence-electron chi connectivity index (χ1n) is 5.28. The Hall–Kier alpha value is -2.22. The summed E-state index contributed by atoms with van der Waals surface area (Å²) in [5, 5.41) is 11.1. The SMILES string of the molecule is COC(=O)/C=C/C(=O)OCCNC(C(C)=O)C(=O)O. The number of carbonyl (C=O) groups excluding carboxylic acids is 3. The maximum atomic E-state index is 11.0. The van der Waals surface area contributed by atoms with E-state index in [0.717, 1.165) is 26.2 Å². The molecule has 0 saturated heterocycles. The van der Waals surface area contributed by atoms with Gasteiger partial charge in [-0.1, -0.05) is 0 Å². The number of hydrogen-bond acceptors (Lipinski definition) is 7. The number of carboxylic acid groups (broad SMARTS) is 1. The number of ether oxygens (including phenoxy) is 2. The van der Waals surface area contributed by atoms with Crippen molar-refractivity contribution in [3.05, 3.63) is 12.2 Å². The van der Waals surface area contributed by atoms with Gasteiger partial charge in [-0.05, 0) is 6.92 Å². The first kappa shape index (κ1) is 16.8. The van der Waals surface area contributed by atoms with Crippen LogP contribution in [0.4, 0.5) is 0 Å². The van der Waals surface area contributed by atoms with Gasteiger partial charge < -0.3 is 14.6 Å². The number of carbonyl (C=O) groups is 4. The van der Waals surface area contributed by atoms with Crippen molar-refractivity contribution in [2.45, 2.75) is 13.0 Å². The van der Waals surface area contributed by atoms with Crippen LogP contribution in [0.5, 0.6) is 0 Å². The monoisotopic (exact) mass is 273 g/mol. The van der Waals surface area contributed by atoms with Gasteiger partial charge in [-0.3, -0.25) is 14.9 Å². The Balaban J connectivity index is 3.94. The fourth-order valence-corrected chi connectivity index (χ4v) is 1.01. The molecule has 0 aliphatic carbocycles. The number of Topliss-reactive ketones (excluding diaryl/α,β-unsaturated/α-hetero) is 1. The van der Waals surface area contributed by atoms with Gasteiger partial charge in [0.15, 0.2) is 11.8 Å². The molecule has 0 heterocycles. The molecular formula is C11H15NO7. The van der Waals surface area contributed by atoms with Crippen molar-refractivity contribution >= 4 is 23.7 Å².